The minimum atomic E-state index is -0.169. The second kappa shape index (κ2) is 9.72. The monoisotopic (exact) mass is 372 g/mol. The number of unbranched alkanes of at least 4 members (excludes halogenated alkanes) is 1. The smallest absolute Gasteiger partial charge is 0.287 e. The molecule has 0 radical (unpaired) electrons. The van der Waals surface area contributed by atoms with Crippen molar-refractivity contribution >= 4 is 11.8 Å². The van der Waals surface area contributed by atoms with Crippen LogP contribution in [0.4, 0.5) is 0 Å². The molecule has 2 heterocycles. The third kappa shape index (κ3) is 4.99. The molecule has 1 aromatic rings. The second-order valence-corrected chi connectivity index (χ2v) is 7.56. The molecule has 0 atom stereocenters. The summed E-state index contributed by atoms with van der Waals surface area (Å²) in [6, 6.07) is 0. The van der Waals surface area contributed by atoms with Crippen molar-refractivity contribution < 1.29 is 9.59 Å². The van der Waals surface area contributed by atoms with Gasteiger partial charge in [-0.1, -0.05) is 25.0 Å². The van der Waals surface area contributed by atoms with E-state index in [9.17, 15) is 9.59 Å². The van der Waals surface area contributed by atoms with E-state index in [1.807, 2.05) is 4.57 Å². The van der Waals surface area contributed by atoms with Crippen LogP contribution in [0.1, 0.15) is 91.5 Å². The molecule has 27 heavy (non-hydrogen) atoms. The highest BCUT2D eigenvalue weighted by molar-refractivity contribution is 5.97. The minimum Gasteiger partial charge on any atom is -0.350 e. The van der Waals surface area contributed by atoms with E-state index in [0.29, 0.717) is 24.6 Å². The summed E-state index contributed by atoms with van der Waals surface area (Å²) in [7, 11) is 0. The van der Waals surface area contributed by atoms with Crippen LogP contribution in [0.25, 0.3) is 0 Å². The molecule has 1 aliphatic heterocycles. The fraction of sp³-hybridized carbons (Fsp3) is 0.667. The topological polar surface area (TPSA) is 76.0 Å². The van der Waals surface area contributed by atoms with Gasteiger partial charge >= 0.3 is 0 Å². The van der Waals surface area contributed by atoms with E-state index in [1.54, 1.807) is 0 Å². The zero-order chi connectivity index (χ0) is 19.1. The molecule has 0 unspecified atom stereocenters. The van der Waals surface area contributed by atoms with E-state index in [4.69, 9.17) is 0 Å². The number of amides is 2. The Bertz CT molecular complexity index is 705. The number of fused-ring (bicyclic) bond motifs is 1. The Balaban J connectivity index is 1.65. The zero-order valence-corrected chi connectivity index (χ0v) is 16.5. The Morgan fingerprint density at radius 2 is 1.89 bits per heavy atom. The maximum absolute atomic E-state index is 12.7. The van der Waals surface area contributed by atoms with Crippen LogP contribution in [0.15, 0.2) is 11.6 Å². The van der Waals surface area contributed by atoms with Gasteiger partial charge in [0.2, 0.25) is 0 Å². The molecule has 148 valence electrons. The van der Waals surface area contributed by atoms with Crippen LogP contribution in [-0.4, -0.2) is 34.5 Å². The Labute approximate surface area is 161 Å². The lowest BCUT2D eigenvalue weighted by Gasteiger charge is -2.17. The normalized spacial score (nSPS) is 16.4. The van der Waals surface area contributed by atoms with Crippen molar-refractivity contribution in [2.45, 2.75) is 77.7 Å². The van der Waals surface area contributed by atoms with Crippen molar-refractivity contribution in [3.05, 3.63) is 28.9 Å². The average molecular weight is 373 g/mol. The molecule has 1 aliphatic carbocycles. The van der Waals surface area contributed by atoms with Gasteiger partial charge in [-0.25, -0.2) is 4.98 Å². The first-order chi connectivity index (χ1) is 13.2. The van der Waals surface area contributed by atoms with Crippen LogP contribution >= 0.6 is 0 Å². The van der Waals surface area contributed by atoms with Gasteiger partial charge in [0.05, 0.1) is 5.69 Å². The number of rotatable bonds is 8. The molecule has 6 heteroatoms. The van der Waals surface area contributed by atoms with Crippen LogP contribution in [0.5, 0.6) is 0 Å². The highest BCUT2D eigenvalue weighted by Crippen LogP contribution is 2.22. The van der Waals surface area contributed by atoms with Crippen molar-refractivity contribution in [1.29, 1.82) is 0 Å². The molecule has 2 aliphatic rings. The lowest BCUT2D eigenvalue weighted by atomic mass is 9.97. The third-order valence-electron chi connectivity index (χ3n) is 5.47. The van der Waals surface area contributed by atoms with E-state index >= 15 is 0 Å². The highest BCUT2D eigenvalue weighted by Gasteiger charge is 2.27. The maximum atomic E-state index is 12.7. The Morgan fingerprint density at radius 1 is 1.07 bits per heavy atom. The number of imidazole rings is 1. The molecule has 2 N–H and O–H groups in total. The first-order valence-electron chi connectivity index (χ1n) is 10.5. The molecule has 0 aromatic carbocycles. The third-order valence-corrected chi connectivity index (χ3v) is 5.47. The molecule has 2 amide bonds. The van der Waals surface area contributed by atoms with Crippen molar-refractivity contribution in [1.82, 2.24) is 20.2 Å². The summed E-state index contributed by atoms with van der Waals surface area (Å²) < 4.78 is 1.95. The summed E-state index contributed by atoms with van der Waals surface area (Å²) in [6.07, 6.45) is 12.9. The lowest BCUT2D eigenvalue weighted by Crippen LogP contribution is -2.28. The molecular weight excluding hydrogens is 340 g/mol. The zero-order valence-electron chi connectivity index (χ0n) is 16.5. The molecule has 3 rings (SSSR count). The standard InChI is InChI=1S/C21H32N4O2/c1-2-3-13-22-21(27)19-24-18(17-11-7-8-15-25(17)19)20(26)23-14-12-16-9-5-4-6-10-16/h9H,2-8,10-15H2,1H3,(H,22,27)(H,23,26). The maximum Gasteiger partial charge on any atom is 0.287 e. The molecule has 0 fully saturated rings. The Hall–Kier alpha value is -2.11. The van der Waals surface area contributed by atoms with Crippen molar-refractivity contribution in [2.24, 2.45) is 0 Å². The first-order valence-corrected chi connectivity index (χ1v) is 10.5. The van der Waals surface area contributed by atoms with Gasteiger partial charge in [-0.3, -0.25) is 9.59 Å². The van der Waals surface area contributed by atoms with Gasteiger partial charge in [0.15, 0.2) is 5.82 Å². The van der Waals surface area contributed by atoms with Crippen molar-refractivity contribution in [2.75, 3.05) is 13.1 Å². The summed E-state index contributed by atoms with van der Waals surface area (Å²) in [5.74, 6) is 0.0728. The molecule has 0 spiro atoms. The predicted octanol–water partition coefficient (Wildman–Crippen LogP) is 3.37. The number of carbonyl (C=O) groups is 2. The summed E-state index contributed by atoms with van der Waals surface area (Å²) in [5.41, 5.74) is 2.80. The summed E-state index contributed by atoms with van der Waals surface area (Å²) in [6.45, 7) is 4.14. The molecule has 0 bridgehead atoms. The molecular formula is C21H32N4O2. The van der Waals surface area contributed by atoms with Gasteiger partial charge in [0.25, 0.3) is 11.8 Å². The van der Waals surface area contributed by atoms with Gasteiger partial charge in [-0.05, 0) is 57.8 Å². The number of allylic oxidation sites excluding steroid dienone is 1. The predicted molar refractivity (Wildman–Crippen MR) is 106 cm³/mol. The van der Waals surface area contributed by atoms with Crippen LogP contribution in [0.2, 0.25) is 0 Å². The fourth-order valence-corrected chi connectivity index (χ4v) is 3.91. The number of hydrogen-bond donors (Lipinski definition) is 2. The number of hydrogen-bond acceptors (Lipinski definition) is 3. The number of nitrogens with one attached hydrogen (secondary N) is 2. The summed E-state index contributed by atoms with van der Waals surface area (Å²) >= 11 is 0. The van der Waals surface area contributed by atoms with Gasteiger partial charge in [0, 0.05) is 19.6 Å². The largest absolute Gasteiger partial charge is 0.350 e. The fourth-order valence-electron chi connectivity index (χ4n) is 3.91. The second-order valence-electron chi connectivity index (χ2n) is 7.56. The van der Waals surface area contributed by atoms with E-state index in [1.165, 1.54) is 18.4 Å². The molecule has 0 saturated carbocycles. The van der Waals surface area contributed by atoms with E-state index in [-0.39, 0.29) is 11.8 Å². The Morgan fingerprint density at radius 3 is 2.67 bits per heavy atom. The van der Waals surface area contributed by atoms with E-state index in [2.05, 4.69) is 28.6 Å². The van der Waals surface area contributed by atoms with Crippen LogP contribution < -0.4 is 10.6 Å². The van der Waals surface area contributed by atoms with Crippen LogP contribution in [-0.2, 0) is 13.0 Å². The molecule has 6 nitrogen and oxygen atoms in total. The van der Waals surface area contributed by atoms with Crippen LogP contribution in [0.3, 0.4) is 0 Å². The molecule has 0 saturated heterocycles. The summed E-state index contributed by atoms with van der Waals surface area (Å²) in [4.78, 5) is 29.7. The summed E-state index contributed by atoms with van der Waals surface area (Å²) in [5, 5.41) is 5.94. The van der Waals surface area contributed by atoms with Crippen molar-refractivity contribution in [3.8, 4) is 0 Å². The highest BCUT2D eigenvalue weighted by atomic mass is 16.2. The first kappa shape index (κ1) is 19.6. The van der Waals surface area contributed by atoms with Gasteiger partial charge in [0.1, 0.15) is 5.69 Å². The minimum absolute atomic E-state index is 0.148. The van der Waals surface area contributed by atoms with Crippen molar-refractivity contribution in [3.63, 3.8) is 0 Å². The number of nitrogens with zero attached hydrogens (tertiary/aromatic N) is 2. The lowest BCUT2D eigenvalue weighted by molar-refractivity contribution is 0.0937. The van der Waals surface area contributed by atoms with Gasteiger partial charge in [-0.2, -0.15) is 0 Å². The number of carbonyl (C=O) groups excluding carboxylic acids is 2. The quantitative estimate of drug-likeness (QED) is 0.543. The van der Waals surface area contributed by atoms with E-state index in [0.717, 1.165) is 63.6 Å². The Kier molecular flexibility index (Phi) is 7.07. The van der Waals surface area contributed by atoms with Gasteiger partial charge < -0.3 is 15.2 Å². The van der Waals surface area contributed by atoms with E-state index < -0.39 is 0 Å². The average Bonchev–Trinajstić information content (AvgIpc) is 3.09. The van der Waals surface area contributed by atoms with Gasteiger partial charge in [-0.15, -0.1) is 0 Å². The van der Waals surface area contributed by atoms with Crippen LogP contribution in [0, 0.1) is 0 Å². The number of aromatic nitrogens is 2. The molecule has 1 aromatic heterocycles. The SMILES string of the molecule is CCCCNC(=O)c1nc(C(=O)NCCC2=CCCCC2)c2n1CCCC2.